The number of carbonyl (C=O) groups is 1. The second kappa shape index (κ2) is 7.87. The van der Waals surface area contributed by atoms with Crippen LogP contribution in [0.4, 0.5) is 11.5 Å². The molecule has 2 aromatic carbocycles. The van der Waals surface area contributed by atoms with E-state index in [1.807, 2.05) is 36.4 Å². The van der Waals surface area contributed by atoms with Crippen molar-refractivity contribution in [2.24, 2.45) is 7.05 Å². The maximum Gasteiger partial charge on any atom is 0.308 e. The van der Waals surface area contributed by atoms with E-state index < -0.39 is 0 Å². The van der Waals surface area contributed by atoms with Crippen molar-refractivity contribution < 1.29 is 19.0 Å². The largest absolute Gasteiger partial charge is 0.496 e. The minimum atomic E-state index is -0.332. The number of anilines is 2. The highest BCUT2D eigenvalue weighted by atomic mass is 32.1. The van der Waals surface area contributed by atoms with Crippen LogP contribution in [0.15, 0.2) is 47.3 Å². The number of ether oxygens (including phenoxy) is 3. The lowest BCUT2D eigenvalue weighted by Crippen LogP contribution is -2.34. The summed E-state index contributed by atoms with van der Waals surface area (Å²) in [5.74, 6) is 1.82. The quantitative estimate of drug-likeness (QED) is 0.623. The number of hydrogen-bond acceptors (Lipinski definition) is 6. The summed E-state index contributed by atoms with van der Waals surface area (Å²) in [6.45, 7) is 0. The van der Waals surface area contributed by atoms with Crippen LogP contribution in [0, 0.1) is 0 Å². The average molecular weight is 426 g/mol. The van der Waals surface area contributed by atoms with Gasteiger partial charge in [0, 0.05) is 31.0 Å². The molecule has 156 valence electrons. The number of fused-ring (bicyclic) bond motifs is 1. The lowest BCUT2D eigenvalue weighted by Gasteiger charge is -2.32. The number of para-hydroxylation sites is 1. The van der Waals surface area contributed by atoms with Crippen LogP contribution in [-0.2, 0) is 11.8 Å². The van der Waals surface area contributed by atoms with Gasteiger partial charge in [-0.25, -0.2) is 0 Å². The summed E-state index contributed by atoms with van der Waals surface area (Å²) in [7, 11) is 6.37. The average Bonchev–Trinajstić information content (AvgIpc) is 3.07. The molecule has 1 aromatic heterocycles. The standard InChI is InChI=1S/C22H22N2O5S/c1-23-21-20(30-22(23)26)15(11-19(25)24(21)13-8-6-5-7-9-13)14-10-17(28-3)18(29-4)12-16(14)27-2/h5-10,12,15H,11H2,1-4H3/t15-/m1/s1. The molecule has 0 saturated carbocycles. The van der Waals surface area contributed by atoms with E-state index in [0.29, 0.717) is 23.1 Å². The molecule has 0 aliphatic carbocycles. The molecule has 4 rings (SSSR count). The number of hydrogen-bond donors (Lipinski definition) is 0. The number of benzene rings is 2. The molecule has 1 amide bonds. The van der Waals surface area contributed by atoms with Gasteiger partial charge in [0.2, 0.25) is 5.91 Å². The van der Waals surface area contributed by atoms with Crippen molar-refractivity contribution >= 4 is 28.7 Å². The van der Waals surface area contributed by atoms with Crippen LogP contribution in [0.5, 0.6) is 17.2 Å². The van der Waals surface area contributed by atoms with Crippen LogP contribution < -0.4 is 24.0 Å². The van der Waals surface area contributed by atoms with E-state index in [9.17, 15) is 9.59 Å². The van der Waals surface area contributed by atoms with E-state index in [2.05, 4.69) is 0 Å². The molecule has 3 aromatic rings. The van der Waals surface area contributed by atoms with Gasteiger partial charge >= 0.3 is 4.87 Å². The Morgan fingerprint density at radius 3 is 2.20 bits per heavy atom. The van der Waals surface area contributed by atoms with Gasteiger partial charge in [0.05, 0.1) is 31.9 Å². The van der Waals surface area contributed by atoms with Gasteiger partial charge in [0.25, 0.3) is 0 Å². The van der Waals surface area contributed by atoms with E-state index in [4.69, 9.17) is 14.2 Å². The second-order valence-corrected chi connectivity index (χ2v) is 7.88. The topological polar surface area (TPSA) is 70.0 Å². The lowest BCUT2D eigenvalue weighted by atomic mass is 9.89. The highest BCUT2D eigenvalue weighted by Crippen LogP contribution is 2.48. The van der Waals surface area contributed by atoms with Crippen molar-refractivity contribution in [2.75, 3.05) is 26.2 Å². The van der Waals surface area contributed by atoms with Gasteiger partial charge in [-0.2, -0.15) is 0 Å². The van der Waals surface area contributed by atoms with Gasteiger partial charge in [0.15, 0.2) is 11.5 Å². The van der Waals surface area contributed by atoms with Gasteiger partial charge in [-0.15, -0.1) is 0 Å². The fourth-order valence-electron chi connectivity index (χ4n) is 3.84. The zero-order chi connectivity index (χ0) is 21.4. The van der Waals surface area contributed by atoms with E-state index in [-0.39, 0.29) is 23.1 Å². The Balaban J connectivity index is 1.93. The molecule has 8 heteroatoms. The number of amides is 1. The zero-order valence-electron chi connectivity index (χ0n) is 17.2. The van der Waals surface area contributed by atoms with Crippen LogP contribution in [0.2, 0.25) is 0 Å². The maximum atomic E-state index is 13.3. The Labute approximate surface area is 178 Å². The summed E-state index contributed by atoms with van der Waals surface area (Å²) < 4.78 is 18.0. The maximum absolute atomic E-state index is 13.3. The highest BCUT2D eigenvalue weighted by Gasteiger charge is 2.38. The van der Waals surface area contributed by atoms with Crippen LogP contribution in [0.1, 0.15) is 22.8 Å². The summed E-state index contributed by atoms with van der Waals surface area (Å²) in [5, 5.41) is 0. The molecule has 1 aliphatic rings. The Morgan fingerprint density at radius 1 is 0.933 bits per heavy atom. The van der Waals surface area contributed by atoms with Crippen molar-refractivity contribution in [1.29, 1.82) is 0 Å². The van der Waals surface area contributed by atoms with E-state index >= 15 is 0 Å². The predicted octanol–water partition coefficient (Wildman–Crippen LogP) is 3.67. The Hall–Kier alpha value is -3.26. The molecule has 7 nitrogen and oxygen atoms in total. The number of rotatable bonds is 5. The molecule has 0 unspecified atom stereocenters. The van der Waals surface area contributed by atoms with Crippen LogP contribution >= 0.6 is 11.3 Å². The third-order valence-electron chi connectivity index (χ3n) is 5.29. The molecule has 0 bridgehead atoms. The van der Waals surface area contributed by atoms with Gasteiger partial charge in [-0.3, -0.25) is 19.1 Å². The number of methoxy groups -OCH3 is 3. The van der Waals surface area contributed by atoms with Crippen LogP contribution in [0.25, 0.3) is 0 Å². The molecule has 2 heterocycles. The molecule has 0 fully saturated rings. The molecule has 1 aliphatic heterocycles. The van der Waals surface area contributed by atoms with Crippen molar-refractivity contribution in [3.05, 3.63) is 62.6 Å². The molecular formula is C22H22N2O5S. The van der Waals surface area contributed by atoms with Crippen molar-refractivity contribution in [3.63, 3.8) is 0 Å². The minimum absolute atomic E-state index is 0.0936. The third-order valence-corrected chi connectivity index (χ3v) is 6.43. The fraction of sp³-hybridized carbons (Fsp3) is 0.273. The monoisotopic (exact) mass is 426 g/mol. The SMILES string of the molecule is COc1cc(OC)c([C@H]2CC(=O)N(c3ccccc3)c3c2sc(=O)n3C)cc1OC. The summed E-state index contributed by atoms with van der Waals surface area (Å²) in [6.07, 6.45) is 0.202. The summed E-state index contributed by atoms with van der Waals surface area (Å²) >= 11 is 1.15. The molecule has 0 spiro atoms. The second-order valence-electron chi connectivity index (χ2n) is 6.89. The first-order valence-electron chi connectivity index (χ1n) is 9.37. The first kappa shape index (κ1) is 20.0. The summed E-state index contributed by atoms with van der Waals surface area (Å²) in [5.41, 5.74) is 1.51. The number of aromatic nitrogens is 1. The number of thiazole rings is 1. The van der Waals surface area contributed by atoms with Gasteiger partial charge in [-0.1, -0.05) is 29.5 Å². The Kier molecular flexibility index (Phi) is 5.26. The highest BCUT2D eigenvalue weighted by molar-refractivity contribution is 7.10. The Morgan fingerprint density at radius 2 is 1.57 bits per heavy atom. The molecule has 0 N–H and O–H groups in total. The normalized spacial score (nSPS) is 15.7. The van der Waals surface area contributed by atoms with Crippen molar-refractivity contribution in [3.8, 4) is 17.2 Å². The third kappa shape index (κ3) is 3.13. The van der Waals surface area contributed by atoms with Gasteiger partial charge < -0.3 is 14.2 Å². The van der Waals surface area contributed by atoms with Gasteiger partial charge in [0.1, 0.15) is 11.6 Å². The van der Waals surface area contributed by atoms with Crippen molar-refractivity contribution in [1.82, 2.24) is 4.57 Å². The smallest absolute Gasteiger partial charge is 0.308 e. The first-order valence-corrected chi connectivity index (χ1v) is 10.2. The summed E-state index contributed by atoms with van der Waals surface area (Å²) in [6, 6.07) is 12.9. The number of nitrogens with zero attached hydrogens (tertiary/aromatic N) is 2. The molecule has 30 heavy (non-hydrogen) atoms. The molecular weight excluding hydrogens is 404 g/mol. The van der Waals surface area contributed by atoms with Crippen LogP contribution in [0.3, 0.4) is 0 Å². The summed E-state index contributed by atoms with van der Waals surface area (Å²) in [4.78, 5) is 28.2. The first-order chi connectivity index (χ1) is 14.5. The van der Waals surface area contributed by atoms with Crippen LogP contribution in [-0.4, -0.2) is 31.8 Å². The number of carbonyl (C=O) groups excluding carboxylic acids is 1. The lowest BCUT2D eigenvalue weighted by molar-refractivity contribution is -0.118. The molecule has 0 radical (unpaired) electrons. The molecule has 0 saturated heterocycles. The van der Waals surface area contributed by atoms with E-state index in [0.717, 1.165) is 27.5 Å². The Bertz CT molecular complexity index is 1150. The fourth-order valence-corrected chi connectivity index (χ4v) is 4.93. The van der Waals surface area contributed by atoms with E-state index in [1.165, 1.54) is 4.57 Å². The molecule has 1 atom stereocenters. The van der Waals surface area contributed by atoms with E-state index in [1.54, 1.807) is 39.3 Å². The van der Waals surface area contributed by atoms with Gasteiger partial charge in [-0.05, 0) is 18.2 Å². The predicted molar refractivity (Wildman–Crippen MR) is 116 cm³/mol. The minimum Gasteiger partial charge on any atom is -0.496 e. The zero-order valence-corrected chi connectivity index (χ0v) is 18.0. The van der Waals surface area contributed by atoms with Crippen molar-refractivity contribution in [2.45, 2.75) is 12.3 Å².